The number of hydrogen-bond acceptors (Lipinski definition) is 6. The number of carbonyl (C=O) groups is 2. The first-order chi connectivity index (χ1) is 11.1. The second kappa shape index (κ2) is 7.01. The summed E-state index contributed by atoms with van der Waals surface area (Å²) in [4.78, 5) is 29.4. The normalized spacial score (nSPS) is 21.2. The van der Waals surface area contributed by atoms with Gasteiger partial charge in [-0.15, -0.1) is 0 Å². The molecule has 1 atom stereocenters. The number of morpholine rings is 1. The molecule has 0 spiro atoms. The molecule has 0 aromatic heterocycles. The predicted molar refractivity (Wildman–Crippen MR) is 90.7 cm³/mol. The van der Waals surface area contributed by atoms with Crippen molar-refractivity contribution < 1.29 is 14.3 Å². The molecule has 2 aliphatic rings. The molecule has 1 fully saturated rings. The zero-order valence-electron chi connectivity index (χ0n) is 12.5. The predicted octanol–water partition coefficient (Wildman–Crippen LogP) is 0.809. The van der Waals surface area contributed by atoms with E-state index in [4.69, 9.17) is 10.5 Å². The zero-order chi connectivity index (χ0) is 16.2. The Kier molecular flexibility index (Phi) is 4.82. The third-order valence-electron chi connectivity index (χ3n) is 3.66. The van der Waals surface area contributed by atoms with Gasteiger partial charge in [-0.1, -0.05) is 11.8 Å². The van der Waals surface area contributed by atoms with Gasteiger partial charge in [0.2, 0.25) is 5.91 Å². The minimum absolute atomic E-state index is 0.0684. The second-order valence-corrected chi connectivity index (χ2v) is 6.52. The van der Waals surface area contributed by atoms with Crippen LogP contribution in [0.2, 0.25) is 0 Å². The Bertz CT molecular complexity index is 626. The summed E-state index contributed by atoms with van der Waals surface area (Å²) in [5.74, 6) is -0.565. The van der Waals surface area contributed by atoms with Crippen LogP contribution in [-0.2, 0) is 14.3 Å². The molecule has 3 rings (SSSR count). The number of benzene rings is 1. The summed E-state index contributed by atoms with van der Waals surface area (Å²) in [5.41, 5.74) is 7.29. The number of rotatable bonds is 4. The summed E-state index contributed by atoms with van der Waals surface area (Å²) in [5, 5.41) is 2.51. The number of nitrogens with one attached hydrogen (secondary N) is 1. The van der Waals surface area contributed by atoms with Crippen molar-refractivity contribution in [3.05, 3.63) is 24.3 Å². The molecule has 122 valence electrons. The molecule has 2 heterocycles. The van der Waals surface area contributed by atoms with Crippen molar-refractivity contribution in [2.24, 2.45) is 10.7 Å². The average Bonchev–Trinajstić information content (AvgIpc) is 2.86. The van der Waals surface area contributed by atoms with Gasteiger partial charge in [-0.2, -0.15) is 4.99 Å². The number of amidine groups is 1. The van der Waals surface area contributed by atoms with Crippen LogP contribution in [0.1, 0.15) is 6.42 Å². The maximum Gasteiger partial charge on any atom is 0.262 e. The van der Waals surface area contributed by atoms with Crippen molar-refractivity contribution in [2.45, 2.75) is 11.7 Å². The molecule has 1 aromatic carbocycles. The van der Waals surface area contributed by atoms with Gasteiger partial charge in [0, 0.05) is 30.9 Å². The number of nitrogens with two attached hydrogens (primary N) is 1. The highest BCUT2D eigenvalue weighted by atomic mass is 32.2. The van der Waals surface area contributed by atoms with Crippen LogP contribution < -0.4 is 16.0 Å². The molecule has 8 heteroatoms. The third-order valence-corrected chi connectivity index (χ3v) is 4.64. The van der Waals surface area contributed by atoms with Crippen molar-refractivity contribution in [1.82, 2.24) is 0 Å². The minimum atomic E-state index is -0.511. The van der Waals surface area contributed by atoms with Gasteiger partial charge in [-0.25, -0.2) is 0 Å². The summed E-state index contributed by atoms with van der Waals surface area (Å²) in [7, 11) is 0. The van der Waals surface area contributed by atoms with Crippen LogP contribution in [0.15, 0.2) is 29.3 Å². The largest absolute Gasteiger partial charge is 0.378 e. The van der Waals surface area contributed by atoms with Crippen LogP contribution in [-0.4, -0.2) is 48.5 Å². The fourth-order valence-corrected chi connectivity index (χ4v) is 3.31. The summed E-state index contributed by atoms with van der Waals surface area (Å²) in [6, 6.07) is 7.66. The number of nitrogens with zero attached hydrogens (tertiary/aromatic N) is 2. The Morgan fingerprint density at radius 3 is 2.65 bits per heavy atom. The highest BCUT2D eigenvalue weighted by Gasteiger charge is 2.29. The van der Waals surface area contributed by atoms with Crippen LogP contribution in [0.3, 0.4) is 0 Å². The van der Waals surface area contributed by atoms with Crippen LogP contribution in [0, 0.1) is 0 Å². The summed E-state index contributed by atoms with van der Waals surface area (Å²) in [6.45, 7) is 3.20. The molecule has 1 saturated heterocycles. The first kappa shape index (κ1) is 15.8. The summed E-state index contributed by atoms with van der Waals surface area (Å²) >= 11 is 1.13. The lowest BCUT2D eigenvalue weighted by atomic mass is 10.2. The lowest BCUT2D eigenvalue weighted by Gasteiger charge is -2.28. The van der Waals surface area contributed by atoms with E-state index in [0.717, 1.165) is 43.8 Å². The van der Waals surface area contributed by atoms with E-state index in [1.165, 1.54) is 0 Å². The quantitative estimate of drug-likeness (QED) is 0.846. The molecule has 2 aliphatic heterocycles. The maximum atomic E-state index is 12.0. The molecule has 0 aliphatic carbocycles. The summed E-state index contributed by atoms with van der Waals surface area (Å²) < 4.78 is 5.33. The molecule has 0 saturated carbocycles. The first-order valence-electron chi connectivity index (χ1n) is 7.39. The lowest BCUT2D eigenvalue weighted by Crippen LogP contribution is -2.36. The molecule has 2 amide bonds. The van der Waals surface area contributed by atoms with Gasteiger partial charge in [0.1, 0.15) is 5.25 Å². The standard InChI is InChI=1S/C15H18N4O3S/c16-15-18-14(21)12(23-15)9-13(20)17-10-1-3-11(4-2-10)19-5-7-22-8-6-19/h1-4,12H,5-9H2,(H,17,20)(H2,16,18,21)/t12-/m0/s1. The monoisotopic (exact) mass is 334 g/mol. The van der Waals surface area contributed by atoms with E-state index in [0.29, 0.717) is 5.69 Å². The molecule has 0 radical (unpaired) electrons. The van der Waals surface area contributed by atoms with Crippen molar-refractivity contribution in [3.63, 3.8) is 0 Å². The van der Waals surface area contributed by atoms with Crippen molar-refractivity contribution in [2.75, 3.05) is 36.5 Å². The van der Waals surface area contributed by atoms with Crippen molar-refractivity contribution in [3.8, 4) is 0 Å². The van der Waals surface area contributed by atoms with Crippen LogP contribution in [0.25, 0.3) is 0 Å². The van der Waals surface area contributed by atoms with Crippen LogP contribution >= 0.6 is 11.8 Å². The van der Waals surface area contributed by atoms with Crippen LogP contribution in [0.4, 0.5) is 11.4 Å². The van der Waals surface area contributed by atoms with Crippen molar-refractivity contribution >= 4 is 40.1 Å². The highest BCUT2D eigenvalue weighted by Crippen LogP contribution is 2.24. The molecular formula is C15H18N4O3S. The SMILES string of the molecule is NC1=NC(=O)[C@H](CC(=O)Nc2ccc(N3CCOCC3)cc2)S1. The molecule has 0 unspecified atom stereocenters. The number of anilines is 2. The molecule has 23 heavy (non-hydrogen) atoms. The second-order valence-electron chi connectivity index (χ2n) is 5.29. The van der Waals surface area contributed by atoms with Gasteiger partial charge < -0.3 is 20.7 Å². The number of thioether (sulfide) groups is 1. The number of aliphatic imine (C=N–C) groups is 1. The fourth-order valence-electron chi connectivity index (χ4n) is 2.49. The topological polar surface area (TPSA) is 97.0 Å². The molecule has 3 N–H and O–H groups in total. The van der Waals surface area contributed by atoms with Gasteiger partial charge in [0.05, 0.1) is 13.2 Å². The number of carbonyl (C=O) groups excluding carboxylic acids is 2. The Labute approximate surface area is 138 Å². The zero-order valence-corrected chi connectivity index (χ0v) is 13.3. The molecule has 7 nitrogen and oxygen atoms in total. The fraction of sp³-hybridized carbons (Fsp3) is 0.400. The van der Waals surface area contributed by atoms with Gasteiger partial charge in [0.15, 0.2) is 5.17 Å². The molecule has 1 aromatic rings. The number of hydrogen-bond donors (Lipinski definition) is 2. The third kappa shape index (κ3) is 4.02. The molecule has 0 bridgehead atoms. The van der Waals surface area contributed by atoms with E-state index in [-0.39, 0.29) is 23.4 Å². The highest BCUT2D eigenvalue weighted by molar-refractivity contribution is 8.15. The molecular weight excluding hydrogens is 316 g/mol. The lowest BCUT2D eigenvalue weighted by molar-refractivity contribution is -0.121. The van der Waals surface area contributed by atoms with Gasteiger partial charge in [-0.3, -0.25) is 9.59 Å². The van der Waals surface area contributed by atoms with E-state index < -0.39 is 5.25 Å². The number of amides is 2. The Morgan fingerprint density at radius 1 is 1.35 bits per heavy atom. The van der Waals surface area contributed by atoms with Gasteiger partial charge in [0.25, 0.3) is 5.91 Å². The van der Waals surface area contributed by atoms with Gasteiger partial charge >= 0.3 is 0 Å². The van der Waals surface area contributed by atoms with E-state index in [1.807, 2.05) is 24.3 Å². The number of ether oxygens (including phenoxy) is 1. The maximum absolute atomic E-state index is 12.0. The van der Waals surface area contributed by atoms with Crippen LogP contribution in [0.5, 0.6) is 0 Å². The first-order valence-corrected chi connectivity index (χ1v) is 8.27. The van der Waals surface area contributed by atoms with E-state index in [9.17, 15) is 9.59 Å². The van der Waals surface area contributed by atoms with E-state index >= 15 is 0 Å². The Morgan fingerprint density at radius 2 is 2.04 bits per heavy atom. The van der Waals surface area contributed by atoms with E-state index in [1.54, 1.807) is 0 Å². The van der Waals surface area contributed by atoms with Crippen molar-refractivity contribution in [1.29, 1.82) is 0 Å². The van der Waals surface area contributed by atoms with Gasteiger partial charge in [-0.05, 0) is 24.3 Å². The van der Waals surface area contributed by atoms with E-state index in [2.05, 4.69) is 15.2 Å². The Balaban J connectivity index is 1.53. The Hall–Kier alpha value is -2.06. The minimum Gasteiger partial charge on any atom is -0.378 e. The smallest absolute Gasteiger partial charge is 0.262 e. The average molecular weight is 334 g/mol. The summed E-state index contributed by atoms with van der Waals surface area (Å²) in [6.07, 6.45) is 0.0684.